The second-order valence-electron chi connectivity index (χ2n) is 8.47. The normalized spacial score (nSPS) is 22.0. The summed E-state index contributed by atoms with van der Waals surface area (Å²) in [6.07, 6.45) is 9.62. The van der Waals surface area contributed by atoms with Crippen molar-refractivity contribution in [2.45, 2.75) is 51.6 Å². The number of nitrogens with zero attached hydrogens (tertiary/aromatic N) is 1. The van der Waals surface area contributed by atoms with Gasteiger partial charge in [0.25, 0.3) is 0 Å². The minimum absolute atomic E-state index is 0.189. The van der Waals surface area contributed by atoms with Crippen molar-refractivity contribution < 1.29 is 0 Å². The van der Waals surface area contributed by atoms with Gasteiger partial charge >= 0.3 is 0 Å². The SMILES string of the molecule is C=Cc1cc(C(C=N)=CN)cnc1-c1ccc(CC2CC(C)NC(C)(C)C2)[nH]1. The molecule has 5 N–H and O–H groups in total. The topological polar surface area (TPSA) is 90.6 Å². The molecule has 0 saturated carbocycles. The largest absolute Gasteiger partial charge is 0.404 e. The Kier molecular flexibility index (Phi) is 5.84. The van der Waals surface area contributed by atoms with Crippen LogP contribution in [-0.4, -0.2) is 27.8 Å². The van der Waals surface area contributed by atoms with Crippen molar-refractivity contribution in [3.8, 4) is 11.4 Å². The van der Waals surface area contributed by atoms with Crippen LogP contribution in [0, 0.1) is 11.3 Å². The van der Waals surface area contributed by atoms with E-state index in [2.05, 4.69) is 54.8 Å². The van der Waals surface area contributed by atoms with Gasteiger partial charge in [-0.1, -0.05) is 12.7 Å². The smallest absolute Gasteiger partial charge is 0.0936 e. The number of H-pyrrole nitrogens is 1. The van der Waals surface area contributed by atoms with E-state index < -0.39 is 0 Å². The van der Waals surface area contributed by atoms with Gasteiger partial charge in [0.15, 0.2) is 0 Å². The monoisotopic (exact) mass is 377 g/mol. The van der Waals surface area contributed by atoms with Gasteiger partial charge in [-0.25, -0.2) is 0 Å². The van der Waals surface area contributed by atoms with Crippen LogP contribution in [0.4, 0.5) is 0 Å². The Morgan fingerprint density at radius 2 is 2.21 bits per heavy atom. The molecule has 1 aliphatic rings. The average Bonchev–Trinajstić information content (AvgIpc) is 3.09. The van der Waals surface area contributed by atoms with Gasteiger partial charge in [-0.2, -0.15) is 0 Å². The summed E-state index contributed by atoms with van der Waals surface area (Å²) in [7, 11) is 0. The van der Waals surface area contributed by atoms with E-state index in [0.29, 0.717) is 17.5 Å². The van der Waals surface area contributed by atoms with E-state index >= 15 is 0 Å². The molecule has 2 unspecified atom stereocenters. The first-order valence-electron chi connectivity index (χ1n) is 9.86. The third-order valence-electron chi connectivity index (χ3n) is 5.44. The number of aromatic amines is 1. The van der Waals surface area contributed by atoms with Gasteiger partial charge in [0.2, 0.25) is 0 Å². The quantitative estimate of drug-likeness (QED) is 0.563. The van der Waals surface area contributed by atoms with Crippen molar-refractivity contribution in [3.63, 3.8) is 0 Å². The molecule has 0 spiro atoms. The maximum Gasteiger partial charge on any atom is 0.0936 e. The van der Waals surface area contributed by atoms with Crippen LogP contribution in [-0.2, 0) is 6.42 Å². The molecular weight excluding hydrogens is 346 g/mol. The third-order valence-corrected chi connectivity index (χ3v) is 5.44. The number of nitrogens with one attached hydrogen (secondary N) is 3. The molecule has 0 aromatic carbocycles. The molecule has 1 saturated heterocycles. The summed E-state index contributed by atoms with van der Waals surface area (Å²) in [5.41, 5.74) is 11.3. The van der Waals surface area contributed by atoms with Crippen molar-refractivity contribution in [2.75, 3.05) is 0 Å². The van der Waals surface area contributed by atoms with Crippen LogP contribution in [0.25, 0.3) is 23.0 Å². The molecule has 2 aromatic heterocycles. The number of piperidine rings is 1. The maximum absolute atomic E-state index is 7.47. The molecule has 2 atom stereocenters. The second kappa shape index (κ2) is 8.15. The van der Waals surface area contributed by atoms with Gasteiger partial charge in [-0.05, 0) is 64.2 Å². The van der Waals surface area contributed by atoms with E-state index in [-0.39, 0.29) is 5.54 Å². The molecule has 0 radical (unpaired) electrons. The third kappa shape index (κ3) is 4.42. The Labute approximate surface area is 167 Å². The first-order valence-corrected chi connectivity index (χ1v) is 9.86. The number of hydrogen-bond donors (Lipinski definition) is 4. The predicted molar refractivity (Wildman–Crippen MR) is 118 cm³/mol. The standard InChI is InChI=1S/C23H31N5/c1-5-17-10-18(19(12-24)13-25)14-26-22(17)21-7-6-20(27-21)9-16-8-15(2)28-23(3,4)11-16/h5-7,10,12-16,24,27-28H,1,8-9,11,25H2,2-4H3. The molecular formula is C23H31N5. The fraction of sp³-hybridized carbons (Fsp3) is 0.391. The van der Waals surface area contributed by atoms with E-state index in [0.717, 1.165) is 28.9 Å². The molecule has 5 heteroatoms. The highest BCUT2D eigenvalue weighted by atomic mass is 15.0. The molecule has 28 heavy (non-hydrogen) atoms. The Balaban J connectivity index is 1.82. The lowest BCUT2D eigenvalue weighted by Crippen LogP contribution is -2.51. The lowest BCUT2D eigenvalue weighted by molar-refractivity contribution is 0.187. The zero-order chi connectivity index (χ0) is 20.3. The molecule has 0 bridgehead atoms. The molecule has 5 nitrogen and oxygen atoms in total. The summed E-state index contributed by atoms with van der Waals surface area (Å²) in [6, 6.07) is 6.77. The first-order chi connectivity index (χ1) is 13.3. The molecule has 3 rings (SSSR count). The molecule has 0 aliphatic carbocycles. The molecule has 2 aromatic rings. The van der Waals surface area contributed by atoms with Crippen LogP contribution < -0.4 is 11.1 Å². The van der Waals surface area contributed by atoms with Crippen molar-refractivity contribution in [3.05, 3.63) is 54.0 Å². The minimum atomic E-state index is 0.189. The van der Waals surface area contributed by atoms with Crippen LogP contribution in [0.3, 0.4) is 0 Å². The average molecular weight is 378 g/mol. The number of hydrogen-bond acceptors (Lipinski definition) is 4. The van der Waals surface area contributed by atoms with Gasteiger partial charge < -0.3 is 21.4 Å². The summed E-state index contributed by atoms with van der Waals surface area (Å²) in [4.78, 5) is 8.18. The summed E-state index contributed by atoms with van der Waals surface area (Å²) in [5, 5.41) is 11.2. The Morgan fingerprint density at radius 1 is 1.43 bits per heavy atom. The summed E-state index contributed by atoms with van der Waals surface area (Å²) < 4.78 is 0. The number of nitrogens with two attached hydrogens (primary N) is 1. The van der Waals surface area contributed by atoms with E-state index in [1.54, 1.807) is 12.3 Å². The summed E-state index contributed by atoms with van der Waals surface area (Å²) in [6.45, 7) is 10.8. The van der Waals surface area contributed by atoms with Crippen molar-refractivity contribution >= 4 is 17.9 Å². The Hall–Kier alpha value is -2.66. The maximum atomic E-state index is 7.47. The second-order valence-corrected chi connectivity index (χ2v) is 8.47. The highest BCUT2D eigenvalue weighted by molar-refractivity contribution is 6.08. The Bertz CT molecular complexity index is 890. The van der Waals surface area contributed by atoms with E-state index in [1.165, 1.54) is 31.0 Å². The van der Waals surface area contributed by atoms with Gasteiger partial charge in [0, 0.05) is 52.6 Å². The van der Waals surface area contributed by atoms with Crippen LogP contribution in [0.15, 0.2) is 37.2 Å². The molecule has 3 heterocycles. The van der Waals surface area contributed by atoms with Gasteiger partial charge in [0.1, 0.15) is 0 Å². The number of pyridine rings is 1. The number of aromatic nitrogens is 2. The highest BCUT2D eigenvalue weighted by Gasteiger charge is 2.31. The van der Waals surface area contributed by atoms with Crippen LogP contribution in [0.1, 0.15) is 50.4 Å². The van der Waals surface area contributed by atoms with Gasteiger partial charge in [-0.15, -0.1) is 0 Å². The zero-order valence-corrected chi connectivity index (χ0v) is 17.0. The number of allylic oxidation sites excluding steroid dienone is 1. The van der Waals surface area contributed by atoms with E-state index in [1.807, 2.05) is 6.07 Å². The van der Waals surface area contributed by atoms with Crippen LogP contribution >= 0.6 is 0 Å². The summed E-state index contributed by atoms with van der Waals surface area (Å²) >= 11 is 0. The van der Waals surface area contributed by atoms with Crippen molar-refractivity contribution in [1.82, 2.24) is 15.3 Å². The first kappa shape index (κ1) is 20.1. The number of rotatable bonds is 6. The van der Waals surface area contributed by atoms with Crippen molar-refractivity contribution in [1.29, 1.82) is 5.41 Å². The zero-order valence-electron chi connectivity index (χ0n) is 17.0. The van der Waals surface area contributed by atoms with Gasteiger partial charge in [-0.3, -0.25) is 4.98 Å². The fourth-order valence-corrected chi connectivity index (χ4v) is 4.50. The highest BCUT2D eigenvalue weighted by Crippen LogP contribution is 2.31. The molecule has 0 amide bonds. The predicted octanol–water partition coefficient (Wildman–Crippen LogP) is 4.38. The van der Waals surface area contributed by atoms with Crippen molar-refractivity contribution in [2.24, 2.45) is 11.7 Å². The molecule has 1 aliphatic heterocycles. The lowest BCUT2D eigenvalue weighted by Gasteiger charge is -2.40. The lowest BCUT2D eigenvalue weighted by atomic mass is 9.79. The van der Waals surface area contributed by atoms with E-state index in [9.17, 15) is 0 Å². The van der Waals surface area contributed by atoms with Crippen LogP contribution in [0.5, 0.6) is 0 Å². The van der Waals surface area contributed by atoms with Gasteiger partial charge in [0.05, 0.1) is 11.4 Å². The molecule has 1 fully saturated rings. The van der Waals surface area contributed by atoms with Crippen LogP contribution in [0.2, 0.25) is 0 Å². The Morgan fingerprint density at radius 3 is 2.86 bits per heavy atom. The fourth-order valence-electron chi connectivity index (χ4n) is 4.50. The summed E-state index contributed by atoms with van der Waals surface area (Å²) in [5.74, 6) is 0.664. The molecule has 148 valence electrons. The minimum Gasteiger partial charge on any atom is -0.404 e. The van der Waals surface area contributed by atoms with E-state index in [4.69, 9.17) is 11.1 Å².